The fraction of sp³-hybridized carbons (Fsp3) is 0.281. The van der Waals surface area contributed by atoms with Crippen LogP contribution in [0, 0.1) is 0 Å². The number of aliphatic carboxylic acids is 1. The molecule has 10 nitrogen and oxygen atoms in total. The zero-order valence-electron chi connectivity index (χ0n) is 23.8. The van der Waals surface area contributed by atoms with Gasteiger partial charge in [-0.15, -0.1) is 0 Å². The average molecular weight is 601 g/mol. The van der Waals surface area contributed by atoms with Crippen molar-refractivity contribution >= 4 is 57.5 Å². The molecular formula is C32H33ClN6O4. The van der Waals surface area contributed by atoms with Gasteiger partial charge < -0.3 is 26.0 Å². The fourth-order valence-electron chi connectivity index (χ4n) is 5.27. The molecule has 3 amide bonds. The summed E-state index contributed by atoms with van der Waals surface area (Å²) in [6, 6.07) is 20.7. The van der Waals surface area contributed by atoms with E-state index in [4.69, 9.17) is 11.6 Å². The summed E-state index contributed by atoms with van der Waals surface area (Å²) in [5.74, 6) is -0.537. The summed E-state index contributed by atoms with van der Waals surface area (Å²) >= 11 is 6.45. The van der Waals surface area contributed by atoms with Crippen LogP contribution in [0.1, 0.15) is 42.6 Å². The maximum Gasteiger partial charge on any atom is 0.323 e. The van der Waals surface area contributed by atoms with Crippen LogP contribution in [0.15, 0.2) is 66.7 Å². The Morgan fingerprint density at radius 1 is 0.930 bits per heavy atom. The van der Waals surface area contributed by atoms with Crippen molar-refractivity contribution in [3.63, 3.8) is 0 Å². The summed E-state index contributed by atoms with van der Waals surface area (Å²) in [6.07, 6.45) is 4.07. The highest BCUT2D eigenvalue weighted by molar-refractivity contribution is 6.30. The molecule has 11 heteroatoms. The number of halogens is 1. The van der Waals surface area contributed by atoms with Crippen LogP contribution in [-0.4, -0.2) is 52.6 Å². The predicted molar refractivity (Wildman–Crippen MR) is 168 cm³/mol. The van der Waals surface area contributed by atoms with Crippen molar-refractivity contribution in [2.75, 3.05) is 29.1 Å². The van der Waals surface area contributed by atoms with Gasteiger partial charge in [0.05, 0.1) is 13.0 Å². The van der Waals surface area contributed by atoms with E-state index in [1.807, 2.05) is 54.6 Å². The van der Waals surface area contributed by atoms with Crippen molar-refractivity contribution in [1.82, 2.24) is 15.3 Å². The Bertz CT molecular complexity index is 1640. The predicted octanol–water partition coefficient (Wildman–Crippen LogP) is 5.64. The summed E-state index contributed by atoms with van der Waals surface area (Å²) in [4.78, 5) is 47.4. The number of carboxylic acids is 1. The van der Waals surface area contributed by atoms with Crippen LogP contribution in [0.25, 0.3) is 10.8 Å². The van der Waals surface area contributed by atoms with Gasteiger partial charge in [0.25, 0.3) is 0 Å². The number of benzene rings is 3. The number of hydrogen-bond donors (Lipinski definition) is 4. The molecule has 1 fully saturated rings. The lowest BCUT2D eigenvalue weighted by Crippen LogP contribution is -2.40. The van der Waals surface area contributed by atoms with Gasteiger partial charge in [-0.05, 0) is 53.4 Å². The number of fused-ring (bicyclic) bond motifs is 1. The topological polar surface area (TPSA) is 137 Å². The van der Waals surface area contributed by atoms with Gasteiger partial charge in [-0.3, -0.25) is 9.59 Å². The molecule has 0 bridgehead atoms. The summed E-state index contributed by atoms with van der Waals surface area (Å²) < 4.78 is 0. The molecule has 0 atom stereocenters. The van der Waals surface area contributed by atoms with E-state index in [9.17, 15) is 19.5 Å². The molecule has 4 aromatic rings. The van der Waals surface area contributed by atoms with E-state index >= 15 is 0 Å². The number of carbonyl (C=O) groups excluding carboxylic acids is 2. The minimum absolute atomic E-state index is 0.0114. The summed E-state index contributed by atoms with van der Waals surface area (Å²) in [7, 11) is 1.69. The molecule has 4 N–H and O–H groups in total. The second-order valence-corrected chi connectivity index (χ2v) is 11.1. The highest BCUT2D eigenvalue weighted by Crippen LogP contribution is 2.26. The van der Waals surface area contributed by atoms with Crippen molar-refractivity contribution in [1.29, 1.82) is 0 Å². The lowest BCUT2D eigenvalue weighted by atomic mass is 10.1. The molecule has 0 radical (unpaired) electrons. The second-order valence-electron chi connectivity index (χ2n) is 10.7. The van der Waals surface area contributed by atoms with E-state index in [-0.39, 0.29) is 41.7 Å². The number of aromatic nitrogens is 2. The standard InChI is InChI=1S/C32H33ClN6O4/c1-39(19-28(40)34-23-8-4-5-9-23)31-26(18-29(41)42)30(33)37-27(38-31)16-20-10-13-24(14-11-20)35-32(43)36-25-15-12-21-6-2-3-7-22(21)17-25/h2-3,6-7,10-15,17,23H,4-5,8-9,16,18-19H2,1H3,(H,34,40)(H,41,42)(H2,35,36,43). The van der Waals surface area contributed by atoms with Crippen molar-refractivity contribution in [3.8, 4) is 0 Å². The van der Waals surface area contributed by atoms with Crippen LogP contribution in [0.2, 0.25) is 5.15 Å². The number of rotatable bonds is 10. The molecule has 1 aliphatic rings. The lowest BCUT2D eigenvalue weighted by molar-refractivity contribution is -0.136. The number of nitrogens with zero attached hydrogens (tertiary/aromatic N) is 3. The summed E-state index contributed by atoms with van der Waals surface area (Å²) in [5.41, 5.74) is 2.40. The number of likely N-dealkylation sites (N-methyl/N-ethyl adjacent to an activating group) is 1. The average Bonchev–Trinajstić information content (AvgIpc) is 3.48. The molecule has 5 rings (SSSR count). The molecular weight excluding hydrogens is 568 g/mol. The number of anilines is 3. The first-order valence-corrected chi connectivity index (χ1v) is 14.5. The minimum atomic E-state index is -1.07. The van der Waals surface area contributed by atoms with Crippen molar-refractivity contribution in [2.24, 2.45) is 0 Å². The third-order valence-corrected chi connectivity index (χ3v) is 7.67. The molecule has 222 valence electrons. The van der Waals surface area contributed by atoms with Crippen LogP contribution in [0.4, 0.5) is 22.0 Å². The molecule has 43 heavy (non-hydrogen) atoms. The second kappa shape index (κ2) is 13.5. The first-order valence-electron chi connectivity index (χ1n) is 14.2. The van der Waals surface area contributed by atoms with Gasteiger partial charge in [-0.1, -0.05) is 66.9 Å². The minimum Gasteiger partial charge on any atom is -0.481 e. The third-order valence-electron chi connectivity index (χ3n) is 7.35. The number of urea groups is 1. The highest BCUT2D eigenvalue weighted by Gasteiger charge is 2.22. The Morgan fingerprint density at radius 3 is 2.33 bits per heavy atom. The number of carbonyl (C=O) groups is 3. The maximum absolute atomic E-state index is 12.7. The molecule has 1 aromatic heterocycles. The van der Waals surface area contributed by atoms with Gasteiger partial charge >= 0.3 is 12.0 Å². The van der Waals surface area contributed by atoms with Crippen LogP contribution < -0.4 is 20.9 Å². The molecule has 3 aromatic carbocycles. The Morgan fingerprint density at radius 2 is 1.60 bits per heavy atom. The number of hydrogen-bond acceptors (Lipinski definition) is 6. The fourth-order valence-corrected chi connectivity index (χ4v) is 5.52. The molecule has 1 heterocycles. The quantitative estimate of drug-likeness (QED) is 0.173. The van der Waals surface area contributed by atoms with Crippen LogP contribution in [0.3, 0.4) is 0 Å². The largest absolute Gasteiger partial charge is 0.481 e. The van der Waals surface area contributed by atoms with E-state index in [1.165, 1.54) is 0 Å². The van der Waals surface area contributed by atoms with E-state index < -0.39 is 5.97 Å². The molecule has 0 aliphatic heterocycles. The van der Waals surface area contributed by atoms with Gasteiger partial charge in [-0.2, -0.15) is 0 Å². The van der Waals surface area contributed by atoms with Crippen molar-refractivity contribution in [3.05, 3.63) is 88.8 Å². The Kier molecular flexibility index (Phi) is 9.36. The van der Waals surface area contributed by atoms with Gasteiger partial charge in [0, 0.05) is 36.4 Å². The molecule has 0 saturated heterocycles. The lowest BCUT2D eigenvalue weighted by Gasteiger charge is -2.22. The van der Waals surface area contributed by atoms with Crippen LogP contribution in [0.5, 0.6) is 0 Å². The normalized spacial score (nSPS) is 13.1. The SMILES string of the molecule is CN(CC(=O)NC1CCCC1)c1nc(Cc2ccc(NC(=O)Nc3ccc4ccccc4c3)cc2)nc(Cl)c1CC(=O)O. The Labute approximate surface area is 254 Å². The molecule has 1 saturated carbocycles. The van der Waals surface area contributed by atoms with E-state index in [1.54, 1.807) is 24.1 Å². The first kappa shape index (κ1) is 29.8. The molecule has 0 unspecified atom stereocenters. The van der Waals surface area contributed by atoms with Gasteiger partial charge in [-0.25, -0.2) is 14.8 Å². The van der Waals surface area contributed by atoms with E-state index in [0.717, 1.165) is 42.0 Å². The van der Waals surface area contributed by atoms with Crippen molar-refractivity contribution < 1.29 is 19.5 Å². The number of nitrogens with one attached hydrogen (secondary N) is 3. The monoisotopic (exact) mass is 600 g/mol. The smallest absolute Gasteiger partial charge is 0.323 e. The molecule has 1 aliphatic carbocycles. The van der Waals surface area contributed by atoms with E-state index in [2.05, 4.69) is 25.9 Å². The van der Waals surface area contributed by atoms with Crippen LogP contribution in [-0.2, 0) is 22.4 Å². The molecule has 0 spiro atoms. The maximum atomic E-state index is 12.7. The van der Waals surface area contributed by atoms with Gasteiger partial charge in [0.15, 0.2) is 0 Å². The zero-order chi connectivity index (χ0) is 30.3. The van der Waals surface area contributed by atoms with Crippen molar-refractivity contribution in [2.45, 2.75) is 44.6 Å². The van der Waals surface area contributed by atoms with Crippen LogP contribution >= 0.6 is 11.6 Å². The zero-order valence-corrected chi connectivity index (χ0v) is 24.5. The van der Waals surface area contributed by atoms with E-state index in [0.29, 0.717) is 29.4 Å². The Balaban J connectivity index is 1.24. The van der Waals surface area contributed by atoms with Gasteiger partial charge in [0.2, 0.25) is 5.91 Å². The van der Waals surface area contributed by atoms with Gasteiger partial charge in [0.1, 0.15) is 16.8 Å². The highest BCUT2D eigenvalue weighted by atomic mass is 35.5. The Hall–Kier alpha value is -4.70. The summed E-state index contributed by atoms with van der Waals surface area (Å²) in [6.45, 7) is 0.0114. The summed E-state index contributed by atoms with van der Waals surface area (Å²) in [5, 5.41) is 20.3. The number of carboxylic acid groups (broad SMARTS) is 1. The number of amides is 3. The third kappa shape index (κ3) is 7.98. The first-order chi connectivity index (χ1) is 20.7.